The van der Waals surface area contributed by atoms with Gasteiger partial charge in [-0.1, -0.05) is 33.6 Å². The summed E-state index contributed by atoms with van der Waals surface area (Å²) in [5.41, 5.74) is 0. The molecule has 0 aliphatic rings. The number of benzene rings is 1. The maximum Gasteiger partial charge on any atom is 0.178 e. The Hall–Kier alpha value is -1.03. The number of rotatable bonds is 7. The second kappa shape index (κ2) is 6.78. The summed E-state index contributed by atoms with van der Waals surface area (Å²) in [5.74, 6) is 1.42. The van der Waals surface area contributed by atoms with Crippen LogP contribution in [-0.4, -0.2) is 20.8 Å². The number of hydrogen-bond donors (Lipinski definition) is 0. The highest BCUT2D eigenvalue weighted by atomic mass is 32.2. The highest BCUT2D eigenvalue weighted by Crippen LogP contribution is 2.18. The van der Waals surface area contributed by atoms with E-state index < -0.39 is 9.84 Å². The second-order valence-corrected chi connectivity index (χ2v) is 6.65. The highest BCUT2D eigenvalue weighted by Gasteiger charge is 2.11. The van der Waals surface area contributed by atoms with E-state index in [9.17, 15) is 8.42 Å². The predicted octanol–water partition coefficient (Wildman–Crippen LogP) is 3.30. The van der Waals surface area contributed by atoms with Crippen molar-refractivity contribution >= 4 is 9.84 Å². The molecular weight excluding hydrogens is 248 g/mol. The maximum absolute atomic E-state index is 11.6. The molecule has 0 unspecified atom stereocenters. The Bertz CT molecular complexity index is 444. The van der Waals surface area contributed by atoms with Crippen molar-refractivity contribution in [1.82, 2.24) is 0 Å². The van der Waals surface area contributed by atoms with Gasteiger partial charge in [-0.15, -0.1) is 0 Å². The first-order chi connectivity index (χ1) is 8.53. The lowest BCUT2D eigenvalue weighted by atomic mass is 10.1. The molecule has 0 aromatic heterocycles. The summed E-state index contributed by atoms with van der Waals surface area (Å²) < 4.78 is 28.9. The Morgan fingerprint density at radius 3 is 2.06 bits per heavy atom. The topological polar surface area (TPSA) is 43.4 Å². The fourth-order valence-electron chi connectivity index (χ4n) is 1.65. The Labute approximate surface area is 110 Å². The van der Waals surface area contributed by atoms with Crippen LogP contribution in [0.25, 0.3) is 0 Å². The Morgan fingerprint density at radius 1 is 1.06 bits per heavy atom. The van der Waals surface area contributed by atoms with Crippen LogP contribution in [0.5, 0.6) is 5.75 Å². The van der Waals surface area contributed by atoms with Crippen LogP contribution in [0.15, 0.2) is 29.2 Å². The van der Waals surface area contributed by atoms with Crippen LogP contribution in [0.2, 0.25) is 0 Å². The molecule has 0 amide bonds. The fourth-order valence-corrected chi connectivity index (χ4v) is 2.53. The predicted molar refractivity (Wildman–Crippen MR) is 73.7 cm³/mol. The highest BCUT2D eigenvalue weighted by molar-refractivity contribution is 7.91. The number of sulfone groups is 1. The van der Waals surface area contributed by atoms with Crippen molar-refractivity contribution < 1.29 is 13.2 Å². The van der Waals surface area contributed by atoms with Gasteiger partial charge >= 0.3 is 0 Å². The van der Waals surface area contributed by atoms with Crippen LogP contribution < -0.4 is 4.74 Å². The van der Waals surface area contributed by atoms with E-state index in [0.29, 0.717) is 17.4 Å². The zero-order valence-electron chi connectivity index (χ0n) is 11.3. The van der Waals surface area contributed by atoms with E-state index in [1.54, 1.807) is 31.2 Å². The van der Waals surface area contributed by atoms with Gasteiger partial charge in [0, 0.05) is 0 Å². The van der Waals surface area contributed by atoms with Gasteiger partial charge in [0.25, 0.3) is 0 Å². The lowest BCUT2D eigenvalue weighted by Gasteiger charge is -2.13. The Kier molecular flexibility index (Phi) is 5.66. The van der Waals surface area contributed by atoms with Crippen molar-refractivity contribution in [2.75, 3.05) is 12.4 Å². The summed E-state index contributed by atoms with van der Waals surface area (Å²) in [6, 6.07) is 6.68. The zero-order chi connectivity index (χ0) is 13.6. The molecule has 4 heteroatoms. The Balaban J connectivity index is 2.67. The normalized spacial score (nSPS) is 11.8. The monoisotopic (exact) mass is 270 g/mol. The second-order valence-electron chi connectivity index (χ2n) is 4.37. The third-order valence-corrected chi connectivity index (χ3v) is 4.95. The average Bonchev–Trinajstić information content (AvgIpc) is 2.40. The van der Waals surface area contributed by atoms with E-state index >= 15 is 0 Å². The third-order valence-electron chi connectivity index (χ3n) is 3.20. The van der Waals surface area contributed by atoms with E-state index in [1.807, 2.05) is 0 Å². The molecule has 102 valence electrons. The van der Waals surface area contributed by atoms with Gasteiger partial charge in [-0.25, -0.2) is 8.42 Å². The van der Waals surface area contributed by atoms with Gasteiger partial charge in [-0.3, -0.25) is 0 Å². The molecule has 3 nitrogen and oxygen atoms in total. The van der Waals surface area contributed by atoms with E-state index in [0.717, 1.165) is 18.6 Å². The van der Waals surface area contributed by atoms with Crippen molar-refractivity contribution in [1.29, 1.82) is 0 Å². The molecule has 0 N–H and O–H groups in total. The van der Waals surface area contributed by atoms with Crippen molar-refractivity contribution in [3.8, 4) is 5.75 Å². The molecule has 0 aliphatic heterocycles. The standard InChI is InChI=1S/C14H22O3S/c1-4-12(5-2)11-17-13-7-9-14(10-8-13)18(15,16)6-3/h7-10,12H,4-6,11H2,1-3H3. The quantitative estimate of drug-likeness (QED) is 0.763. The first kappa shape index (κ1) is 15.0. The minimum absolute atomic E-state index is 0.126. The van der Waals surface area contributed by atoms with E-state index in [4.69, 9.17) is 4.74 Å². The molecule has 0 atom stereocenters. The summed E-state index contributed by atoms with van der Waals surface area (Å²) in [7, 11) is -3.11. The molecule has 0 radical (unpaired) electrons. The lowest BCUT2D eigenvalue weighted by molar-refractivity contribution is 0.240. The third kappa shape index (κ3) is 4.02. The Morgan fingerprint density at radius 2 is 1.61 bits per heavy atom. The first-order valence-corrected chi connectivity index (χ1v) is 8.14. The largest absolute Gasteiger partial charge is 0.493 e. The van der Waals surface area contributed by atoms with Gasteiger partial charge < -0.3 is 4.74 Å². The van der Waals surface area contributed by atoms with Crippen LogP contribution in [0.1, 0.15) is 33.6 Å². The van der Waals surface area contributed by atoms with Crippen molar-refractivity contribution in [3.05, 3.63) is 24.3 Å². The van der Waals surface area contributed by atoms with Crippen molar-refractivity contribution in [2.24, 2.45) is 5.92 Å². The molecule has 0 saturated heterocycles. The summed E-state index contributed by atoms with van der Waals surface area (Å²) in [6.07, 6.45) is 2.19. The molecule has 0 aliphatic carbocycles. The molecule has 0 saturated carbocycles. The minimum Gasteiger partial charge on any atom is -0.493 e. The number of hydrogen-bond acceptors (Lipinski definition) is 3. The van der Waals surface area contributed by atoms with Crippen LogP contribution >= 0.6 is 0 Å². The fraction of sp³-hybridized carbons (Fsp3) is 0.571. The summed E-state index contributed by atoms with van der Waals surface area (Å²) >= 11 is 0. The van der Waals surface area contributed by atoms with Crippen LogP contribution in [0.4, 0.5) is 0 Å². The van der Waals surface area contributed by atoms with E-state index in [1.165, 1.54) is 0 Å². The van der Waals surface area contributed by atoms with Gasteiger partial charge in [0.15, 0.2) is 9.84 Å². The number of ether oxygens (including phenoxy) is 1. The summed E-state index contributed by atoms with van der Waals surface area (Å²) in [6.45, 7) is 6.63. The molecule has 1 rings (SSSR count). The SMILES string of the molecule is CCC(CC)COc1ccc(S(=O)(=O)CC)cc1. The van der Waals surface area contributed by atoms with Crippen molar-refractivity contribution in [2.45, 2.75) is 38.5 Å². The first-order valence-electron chi connectivity index (χ1n) is 6.49. The van der Waals surface area contributed by atoms with Gasteiger partial charge in [-0.05, 0) is 30.2 Å². The molecule has 0 heterocycles. The smallest absolute Gasteiger partial charge is 0.178 e. The van der Waals surface area contributed by atoms with Crippen LogP contribution in [-0.2, 0) is 9.84 Å². The van der Waals surface area contributed by atoms with Gasteiger partial charge in [0.2, 0.25) is 0 Å². The lowest BCUT2D eigenvalue weighted by Crippen LogP contribution is -2.10. The zero-order valence-corrected chi connectivity index (χ0v) is 12.2. The molecule has 0 bridgehead atoms. The summed E-state index contributed by atoms with van der Waals surface area (Å²) in [4.78, 5) is 0.361. The minimum atomic E-state index is -3.11. The molecule has 1 aromatic carbocycles. The summed E-state index contributed by atoms with van der Waals surface area (Å²) in [5, 5.41) is 0. The van der Waals surface area contributed by atoms with Crippen LogP contribution in [0.3, 0.4) is 0 Å². The molecule has 18 heavy (non-hydrogen) atoms. The van der Waals surface area contributed by atoms with E-state index in [-0.39, 0.29) is 5.75 Å². The average molecular weight is 270 g/mol. The maximum atomic E-state index is 11.6. The molecule has 1 aromatic rings. The van der Waals surface area contributed by atoms with Crippen LogP contribution in [0, 0.1) is 5.92 Å². The van der Waals surface area contributed by atoms with Gasteiger partial charge in [-0.2, -0.15) is 0 Å². The van der Waals surface area contributed by atoms with Crippen molar-refractivity contribution in [3.63, 3.8) is 0 Å². The van der Waals surface area contributed by atoms with Gasteiger partial charge in [0.1, 0.15) is 5.75 Å². The van der Waals surface area contributed by atoms with E-state index in [2.05, 4.69) is 13.8 Å². The van der Waals surface area contributed by atoms with Gasteiger partial charge in [0.05, 0.1) is 17.3 Å². The molecular formula is C14H22O3S. The molecule has 0 fully saturated rings. The molecule has 0 spiro atoms.